The second-order valence-electron chi connectivity index (χ2n) is 11.7. The Morgan fingerprint density at radius 1 is 1.10 bits per heavy atom. The van der Waals surface area contributed by atoms with E-state index in [1.807, 2.05) is 18.3 Å². The first kappa shape index (κ1) is 25.8. The van der Waals surface area contributed by atoms with E-state index in [4.69, 9.17) is 15.2 Å². The van der Waals surface area contributed by atoms with Crippen LogP contribution in [0.15, 0.2) is 55.1 Å². The largest absolute Gasteiger partial charge is 0.489 e. The van der Waals surface area contributed by atoms with Crippen molar-refractivity contribution in [3.63, 3.8) is 0 Å². The summed E-state index contributed by atoms with van der Waals surface area (Å²) in [5, 5.41) is 1.12. The number of nitrogens with one attached hydrogen (secondary N) is 1. The molecule has 0 radical (unpaired) electrons. The molecule has 2 saturated heterocycles. The van der Waals surface area contributed by atoms with Gasteiger partial charge in [-0.2, -0.15) is 0 Å². The third kappa shape index (κ3) is 5.31. The van der Waals surface area contributed by atoms with Crippen molar-refractivity contribution in [2.24, 2.45) is 17.1 Å². The van der Waals surface area contributed by atoms with Crippen molar-refractivity contribution in [2.45, 2.75) is 32.2 Å². The van der Waals surface area contributed by atoms with Gasteiger partial charge < -0.3 is 25.1 Å². The van der Waals surface area contributed by atoms with Crippen LogP contribution in [0, 0.1) is 17.2 Å². The highest BCUT2D eigenvalue weighted by atomic mass is 19.1. The van der Waals surface area contributed by atoms with Crippen LogP contribution in [0.3, 0.4) is 0 Å². The molecule has 3 N–H and O–H groups in total. The number of rotatable bonds is 9. The number of ether oxygens (including phenoxy) is 2. The molecule has 0 bridgehead atoms. The normalized spacial score (nSPS) is 20.8. The first-order valence-electron chi connectivity index (χ1n) is 14.2. The van der Waals surface area contributed by atoms with E-state index >= 15 is 0 Å². The van der Waals surface area contributed by atoms with E-state index in [1.54, 1.807) is 24.7 Å². The van der Waals surface area contributed by atoms with Gasteiger partial charge in [-0.15, -0.1) is 0 Å². The molecule has 4 heterocycles. The number of likely N-dealkylation sites (tertiary alicyclic amines) is 1. The topological polar surface area (TPSA) is 110 Å². The number of hydrogen-bond donors (Lipinski definition) is 2. The van der Waals surface area contributed by atoms with Gasteiger partial charge in [0.1, 0.15) is 12.1 Å². The van der Waals surface area contributed by atoms with Crippen LogP contribution < -0.4 is 20.1 Å². The van der Waals surface area contributed by atoms with Crippen molar-refractivity contribution in [1.82, 2.24) is 19.9 Å². The Hall–Kier alpha value is -4.18. The average Bonchev–Trinajstić information content (AvgIpc) is 3.39. The second kappa shape index (κ2) is 10.3. The molecule has 1 spiro atoms. The van der Waals surface area contributed by atoms with Crippen LogP contribution in [0.25, 0.3) is 10.9 Å². The number of aromatic amines is 1. The standard InChI is InChI=1S/C31H33FN6O3/c32-23-4-6-26(27(12-23)40-16-20-1-2-20)41-28-14-34-19-36-30(28)38-10-8-31(18-38)7-9-37(17-31)15-22-13-35-25-11-21(29(33)39)3-5-24(22)25/h3-6,11-14,19-20,35H,1-2,7-10,15-18H2,(H2,33,39). The summed E-state index contributed by atoms with van der Waals surface area (Å²) in [6.45, 7) is 5.17. The van der Waals surface area contributed by atoms with Crippen LogP contribution in [-0.2, 0) is 6.54 Å². The van der Waals surface area contributed by atoms with Crippen molar-refractivity contribution >= 4 is 22.6 Å². The Bertz CT molecular complexity index is 1600. The van der Waals surface area contributed by atoms with Gasteiger partial charge in [0.2, 0.25) is 5.91 Å². The zero-order valence-corrected chi connectivity index (χ0v) is 22.8. The van der Waals surface area contributed by atoms with E-state index in [2.05, 4.69) is 24.8 Å². The second-order valence-corrected chi connectivity index (χ2v) is 11.7. The van der Waals surface area contributed by atoms with Crippen molar-refractivity contribution in [3.8, 4) is 17.2 Å². The van der Waals surface area contributed by atoms with Crippen LogP contribution in [0.2, 0.25) is 0 Å². The molecule has 3 fully saturated rings. The number of fused-ring (bicyclic) bond motifs is 1. The highest BCUT2D eigenvalue weighted by Gasteiger charge is 2.44. The number of H-pyrrole nitrogens is 1. The van der Waals surface area contributed by atoms with Crippen LogP contribution in [-0.4, -0.2) is 58.5 Å². The predicted octanol–water partition coefficient (Wildman–Crippen LogP) is 4.88. The fourth-order valence-electron chi connectivity index (χ4n) is 6.23. The van der Waals surface area contributed by atoms with Crippen molar-refractivity contribution < 1.29 is 18.7 Å². The van der Waals surface area contributed by atoms with Crippen LogP contribution in [0.4, 0.5) is 10.2 Å². The molecule has 2 aliphatic heterocycles. The van der Waals surface area contributed by atoms with E-state index in [0.717, 1.165) is 75.1 Å². The summed E-state index contributed by atoms with van der Waals surface area (Å²) >= 11 is 0. The predicted molar refractivity (Wildman–Crippen MR) is 153 cm³/mol. The fraction of sp³-hybridized carbons (Fsp3) is 0.387. The zero-order valence-electron chi connectivity index (χ0n) is 22.8. The summed E-state index contributed by atoms with van der Waals surface area (Å²) in [6, 6.07) is 9.95. The summed E-state index contributed by atoms with van der Waals surface area (Å²) < 4.78 is 26.2. The van der Waals surface area contributed by atoms with E-state index in [-0.39, 0.29) is 11.2 Å². The summed E-state index contributed by atoms with van der Waals surface area (Å²) in [6.07, 6.45) is 9.72. The van der Waals surface area contributed by atoms with Gasteiger partial charge in [0.25, 0.3) is 0 Å². The molecule has 1 aliphatic carbocycles. The van der Waals surface area contributed by atoms with Crippen molar-refractivity contribution in [1.29, 1.82) is 0 Å². The molecular formula is C31H33FN6O3. The molecule has 41 heavy (non-hydrogen) atoms. The quantitative estimate of drug-likeness (QED) is 0.302. The molecule has 1 amide bonds. The highest BCUT2D eigenvalue weighted by molar-refractivity contribution is 5.97. The van der Waals surface area contributed by atoms with Crippen LogP contribution in [0.5, 0.6) is 17.2 Å². The molecule has 9 nitrogen and oxygen atoms in total. The maximum Gasteiger partial charge on any atom is 0.248 e. The lowest BCUT2D eigenvalue weighted by molar-refractivity contribution is 0.100. The smallest absolute Gasteiger partial charge is 0.248 e. The lowest BCUT2D eigenvalue weighted by atomic mass is 9.86. The van der Waals surface area contributed by atoms with E-state index in [0.29, 0.717) is 35.3 Å². The van der Waals surface area contributed by atoms with Crippen LogP contribution in [0.1, 0.15) is 41.6 Å². The Kier molecular flexibility index (Phi) is 6.50. The van der Waals surface area contributed by atoms with Gasteiger partial charge >= 0.3 is 0 Å². The van der Waals surface area contributed by atoms with Gasteiger partial charge in [0.05, 0.1) is 12.8 Å². The van der Waals surface area contributed by atoms with Crippen molar-refractivity contribution in [3.05, 3.63) is 72.1 Å². The van der Waals surface area contributed by atoms with Gasteiger partial charge in [0, 0.05) is 60.3 Å². The number of nitrogens with zero attached hydrogens (tertiary/aromatic N) is 4. The molecule has 7 rings (SSSR count). The number of nitrogens with two attached hydrogens (primary N) is 1. The third-order valence-corrected chi connectivity index (χ3v) is 8.66. The maximum absolute atomic E-state index is 14.0. The average molecular weight is 557 g/mol. The number of amides is 1. The molecule has 212 valence electrons. The summed E-state index contributed by atoms with van der Waals surface area (Å²) in [5.41, 5.74) is 8.26. The molecular weight excluding hydrogens is 523 g/mol. The molecule has 1 unspecified atom stereocenters. The maximum atomic E-state index is 14.0. The van der Waals surface area contributed by atoms with Gasteiger partial charge in [-0.25, -0.2) is 14.4 Å². The van der Waals surface area contributed by atoms with Crippen molar-refractivity contribution in [2.75, 3.05) is 37.7 Å². The lowest BCUT2D eigenvalue weighted by Crippen LogP contribution is -2.31. The zero-order chi connectivity index (χ0) is 28.0. The van der Waals surface area contributed by atoms with Gasteiger partial charge in [-0.3, -0.25) is 9.69 Å². The molecule has 2 aromatic carbocycles. The minimum absolute atomic E-state index is 0.169. The molecule has 4 aromatic rings. The van der Waals surface area contributed by atoms with Gasteiger partial charge in [0.15, 0.2) is 23.1 Å². The Labute approximate surface area is 237 Å². The first-order chi connectivity index (χ1) is 19.9. The number of primary amides is 1. The van der Waals surface area contributed by atoms with Gasteiger partial charge in [-0.1, -0.05) is 6.07 Å². The molecule has 1 atom stereocenters. The fourth-order valence-corrected chi connectivity index (χ4v) is 6.23. The van der Waals surface area contributed by atoms with Crippen LogP contribution >= 0.6 is 0 Å². The van der Waals surface area contributed by atoms with E-state index in [9.17, 15) is 9.18 Å². The lowest BCUT2D eigenvalue weighted by Gasteiger charge is -2.26. The third-order valence-electron chi connectivity index (χ3n) is 8.66. The summed E-state index contributed by atoms with van der Waals surface area (Å²) in [7, 11) is 0. The number of hydrogen-bond acceptors (Lipinski definition) is 7. The van der Waals surface area contributed by atoms with E-state index in [1.165, 1.54) is 17.7 Å². The monoisotopic (exact) mass is 556 g/mol. The number of aromatic nitrogens is 3. The number of carbonyl (C=O) groups excluding carboxylic acids is 1. The SMILES string of the molecule is NC(=O)c1ccc2c(CN3CCC4(CCN(c5ncncc5Oc5ccc(F)cc5OCC5CC5)C4)C3)c[nH]c2c1. The molecule has 1 saturated carbocycles. The molecule has 2 aromatic heterocycles. The number of carbonyl (C=O) groups is 1. The number of anilines is 1. The summed E-state index contributed by atoms with van der Waals surface area (Å²) in [5.74, 6) is 1.91. The van der Waals surface area contributed by atoms with Gasteiger partial charge in [-0.05, 0) is 68.0 Å². The first-order valence-corrected chi connectivity index (χ1v) is 14.2. The molecule has 3 aliphatic rings. The van der Waals surface area contributed by atoms with E-state index < -0.39 is 5.91 Å². The highest BCUT2D eigenvalue weighted by Crippen LogP contribution is 2.44. The molecule has 10 heteroatoms. The minimum atomic E-state index is -0.424. The summed E-state index contributed by atoms with van der Waals surface area (Å²) in [4.78, 5) is 28.5. The number of halogens is 1. The Balaban J connectivity index is 1.04. The number of benzene rings is 2. The minimum Gasteiger partial charge on any atom is -0.489 e. The Morgan fingerprint density at radius 3 is 2.83 bits per heavy atom. The Morgan fingerprint density at radius 2 is 1.98 bits per heavy atom.